The van der Waals surface area contributed by atoms with Gasteiger partial charge in [-0.25, -0.2) is 4.79 Å². The van der Waals surface area contributed by atoms with Crippen LogP contribution in [-0.4, -0.2) is 47.9 Å². The third kappa shape index (κ3) is 4.60. The lowest BCUT2D eigenvalue weighted by molar-refractivity contribution is 0.0967. The number of aliphatic hydroxyl groups is 1. The lowest BCUT2D eigenvalue weighted by Crippen LogP contribution is -2.32. The van der Waals surface area contributed by atoms with E-state index >= 15 is 0 Å². The van der Waals surface area contributed by atoms with Gasteiger partial charge in [0.05, 0.1) is 12.6 Å². The summed E-state index contributed by atoms with van der Waals surface area (Å²) >= 11 is 0. The van der Waals surface area contributed by atoms with Crippen molar-refractivity contribution in [2.45, 2.75) is 31.6 Å². The molecule has 22 heavy (non-hydrogen) atoms. The second-order valence-electron chi connectivity index (χ2n) is 5.96. The fraction of sp³-hybridized carbons (Fsp3) is 0.562. The highest BCUT2D eigenvalue weighted by Gasteiger charge is 2.35. The summed E-state index contributed by atoms with van der Waals surface area (Å²) < 4.78 is 5.30. The van der Waals surface area contributed by atoms with Gasteiger partial charge in [-0.1, -0.05) is 30.3 Å². The van der Waals surface area contributed by atoms with Crippen molar-refractivity contribution in [3.8, 4) is 0 Å². The highest BCUT2D eigenvalue weighted by atomic mass is 35.5. The summed E-state index contributed by atoms with van der Waals surface area (Å²) in [4.78, 5) is 13.6. The number of ether oxygens (including phenoxy) is 1. The van der Waals surface area contributed by atoms with Gasteiger partial charge in [0.25, 0.3) is 0 Å². The van der Waals surface area contributed by atoms with Crippen molar-refractivity contribution in [1.29, 1.82) is 0 Å². The molecule has 1 aliphatic carbocycles. The zero-order valence-electron chi connectivity index (χ0n) is 12.5. The number of nitrogens with one attached hydrogen (secondary N) is 1. The van der Waals surface area contributed by atoms with Gasteiger partial charge in [0.1, 0.15) is 6.61 Å². The molecule has 0 spiro atoms. The van der Waals surface area contributed by atoms with E-state index in [2.05, 4.69) is 5.32 Å². The molecular weight excluding hydrogens is 304 g/mol. The molecular formula is C16H23ClN2O3. The number of carbonyl (C=O) groups is 1. The number of β-amino-alcohol motifs (C(OH)–C–C–N with tert-alkyl or cyclic N) is 1. The number of likely N-dealkylation sites (tertiary alicyclic amines) is 1. The number of aliphatic hydroxyl groups excluding tert-OH is 1. The summed E-state index contributed by atoms with van der Waals surface area (Å²) in [5.41, 5.74) is 0.970. The van der Waals surface area contributed by atoms with E-state index in [1.54, 1.807) is 4.90 Å². The van der Waals surface area contributed by atoms with E-state index in [4.69, 9.17) is 4.74 Å². The second kappa shape index (κ2) is 7.81. The number of amides is 1. The van der Waals surface area contributed by atoms with Gasteiger partial charge in [0, 0.05) is 25.0 Å². The summed E-state index contributed by atoms with van der Waals surface area (Å²) in [6.45, 7) is 1.98. The molecule has 2 N–H and O–H groups in total. The number of benzene rings is 1. The van der Waals surface area contributed by atoms with Gasteiger partial charge >= 0.3 is 6.09 Å². The Morgan fingerprint density at radius 1 is 1.27 bits per heavy atom. The molecule has 1 amide bonds. The summed E-state index contributed by atoms with van der Waals surface area (Å²) in [5.74, 6) is 0.106. The van der Waals surface area contributed by atoms with Crippen LogP contribution in [0.1, 0.15) is 18.4 Å². The predicted molar refractivity (Wildman–Crippen MR) is 86.0 cm³/mol. The first-order valence-electron chi connectivity index (χ1n) is 7.59. The lowest BCUT2D eigenvalue weighted by Gasteiger charge is -2.16. The van der Waals surface area contributed by atoms with Gasteiger partial charge < -0.3 is 20.1 Å². The lowest BCUT2D eigenvalue weighted by atomic mass is 10.1. The molecule has 1 heterocycles. The Morgan fingerprint density at radius 3 is 2.68 bits per heavy atom. The minimum Gasteiger partial charge on any atom is -0.445 e. The molecule has 0 bridgehead atoms. The second-order valence-corrected chi connectivity index (χ2v) is 5.96. The van der Waals surface area contributed by atoms with E-state index in [1.807, 2.05) is 30.3 Å². The van der Waals surface area contributed by atoms with Crippen molar-refractivity contribution >= 4 is 18.5 Å². The van der Waals surface area contributed by atoms with E-state index in [0.717, 1.165) is 12.1 Å². The van der Waals surface area contributed by atoms with Crippen molar-refractivity contribution in [3.05, 3.63) is 35.9 Å². The van der Waals surface area contributed by atoms with Gasteiger partial charge in [0.2, 0.25) is 0 Å². The van der Waals surface area contributed by atoms with Crippen LogP contribution in [0.15, 0.2) is 30.3 Å². The summed E-state index contributed by atoms with van der Waals surface area (Å²) in [6.07, 6.45) is 1.66. The fourth-order valence-corrected chi connectivity index (χ4v) is 2.62. The van der Waals surface area contributed by atoms with Crippen molar-refractivity contribution < 1.29 is 14.6 Å². The SMILES string of the molecule is Cl.O=C(OCc1ccccc1)N1C[C@H](CNC2CC2)[C@@H](O)C1. The summed E-state index contributed by atoms with van der Waals surface area (Å²) in [6, 6.07) is 10.2. The minimum absolute atomic E-state index is 0. The van der Waals surface area contributed by atoms with Crippen LogP contribution in [0, 0.1) is 5.92 Å². The maximum atomic E-state index is 12.0. The van der Waals surface area contributed by atoms with Crippen LogP contribution in [0.25, 0.3) is 0 Å². The van der Waals surface area contributed by atoms with Crippen molar-refractivity contribution in [2.75, 3.05) is 19.6 Å². The molecule has 2 atom stereocenters. The Kier molecular flexibility index (Phi) is 6.06. The summed E-state index contributed by atoms with van der Waals surface area (Å²) in [7, 11) is 0. The first-order valence-corrected chi connectivity index (χ1v) is 7.59. The molecule has 5 nitrogen and oxygen atoms in total. The monoisotopic (exact) mass is 326 g/mol. The number of rotatable bonds is 5. The van der Waals surface area contributed by atoms with Crippen LogP contribution >= 0.6 is 12.4 Å². The Labute approximate surface area is 137 Å². The largest absolute Gasteiger partial charge is 0.445 e. The quantitative estimate of drug-likeness (QED) is 0.866. The van der Waals surface area contributed by atoms with Gasteiger partial charge in [-0.15, -0.1) is 12.4 Å². The molecule has 0 unspecified atom stereocenters. The predicted octanol–water partition coefficient (Wildman–Crippen LogP) is 1.79. The molecule has 6 heteroatoms. The van der Waals surface area contributed by atoms with E-state index in [9.17, 15) is 9.90 Å². The molecule has 1 saturated heterocycles. The average Bonchev–Trinajstić information content (AvgIpc) is 3.26. The van der Waals surface area contributed by atoms with Crippen LogP contribution in [0.2, 0.25) is 0 Å². The average molecular weight is 327 g/mol. The standard InChI is InChI=1S/C16H22N2O3.ClH/c19-15-10-18(9-13(15)8-17-14-6-7-14)16(20)21-11-12-4-2-1-3-5-12;/h1-5,13-15,17,19H,6-11H2;1H/t13-,15-;/m0./s1. The van der Waals surface area contributed by atoms with Crippen LogP contribution in [0.3, 0.4) is 0 Å². The number of nitrogens with zero attached hydrogens (tertiary/aromatic N) is 1. The molecule has 1 saturated carbocycles. The zero-order valence-corrected chi connectivity index (χ0v) is 13.3. The van der Waals surface area contributed by atoms with E-state index in [1.165, 1.54) is 12.8 Å². The molecule has 0 aromatic heterocycles. The van der Waals surface area contributed by atoms with Gasteiger partial charge in [0.15, 0.2) is 0 Å². The molecule has 2 aliphatic rings. The van der Waals surface area contributed by atoms with E-state index in [-0.39, 0.29) is 31.0 Å². The first kappa shape index (κ1) is 17.1. The third-order valence-electron chi connectivity index (χ3n) is 4.12. The highest BCUT2D eigenvalue weighted by molar-refractivity contribution is 5.85. The Hall–Kier alpha value is -1.30. The smallest absolute Gasteiger partial charge is 0.410 e. The molecule has 0 radical (unpaired) electrons. The van der Waals surface area contributed by atoms with Crippen molar-refractivity contribution in [2.24, 2.45) is 5.92 Å². The minimum atomic E-state index is -0.458. The fourth-order valence-electron chi connectivity index (χ4n) is 2.62. The van der Waals surface area contributed by atoms with Gasteiger partial charge in [-0.05, 0) is 18.4 Å². The van der Waals surface area contributed by atoms with Crippen LogP contribution in [-0.2, 0) is 11.3 Å². The Morgan fingerprint density at radius 2 is 2.00 bits per heavy atom. The Bertz CT molecular complexity index is 482. The summed E-state index contributed by atoms with van der Waals surface area (Å²) in [5, 5.41) is 13.4. The van der Waals surface area contributed by atoms with E-state index < -0.39 is 6.10 Å². The normalized spacial score (nSPS) is 24.0. The maximum Gasteiger partial charge on any atom is 0.410 e. The molecule has 3 rings (SSSR count). The number of hydrogen-bond acceptors (Lipinski definition) is 4. The van der Waals surface area contributed by atoms with Crippen LogP contribution in [0.4, 0.5) is 4.79 Å². The van der Waals surface area contributed by atoms with Crippen LogP contribution in [0.5, 0.6) is 0 Å². The van der Waals surface area contributed by atoms with Crippen LogP contribution < -0.4 is 5.32 Å². The Balaban J connectivity index is 0.00000176. The highest BCUT2D eigenvalue weighted by Crippen LogP contribution is 2.22. The zero-order chi connectivity index (χ0) is 14.7. The molecule has 1 aromatic carbocycles. The topological polar surface area (TPSA) is 61.8 Å². The molecule has 1 aromatic rings. The first-order chi connectivity index (χ1) is 10.2. The van der Waals surface area contributed by atoms with Gasteiger partial charge in [-0.3, -0.25) is 0 Å². The van der Waals surface area contributed by atoms with Crippen molar-refractivity contribution in [3.63, 3.8) is 0 Å². The molecule has 122 valence electrons. The number of halogens is 1. The maximum absolute atomic E-state index is 12.0. The number of carbonyl (C=O) groups excluding carboxylic acids is 1. The third-order valence-corrected chi connectivity index (χ3v) is 4.12. The van der Waals surface area contributed by atoms with Gasteiger partial charge in [-0.2, -0.15) is 0 Å². The van der Waals surface area contributed by atoms with Crippen molar-refractivity contribution in [1.82, 2.24) is 10.2 Å². The molecule has 1 aliphatic heterocycles. The number of hydrogen-bond donors (Lipinski definition) is 2. The molecule has 2 fully saturated rings. The van der Waals surface area contributed by atoms with E-state index in [0.29, 0.717) is 19.1 Å².